The standard InChI is InChI=1S/C21H15N/c1-14-10-11-20-18(12-14)16-7-3-4-8-17(16)21-13-15-6-2-5-9-19(15)22(20)21/h2-13H,1H3. The number of para-hydroxylation sites is 1. The molecule has 5 aromatic rings. The van der Waals surface area contributed by atoms with E-state index >= 15 is 0 Å². The van der Waals surface area contributed by atoms with Crippen LogP contribution in [0.2, 0.25) is 0 Å². The normalized spacial score (nSPS) is 11.9. The zero-order valence-electron chi connectivity index (χ0n) is 12.4. The van der Waals surface area contributed by atoms with Gasteiger partial charge in [0.1, 0.15) is 0 Å². The minimum Gasteiger partial charge on any atom is -0.309 e. The maximum absolute atomic E-state index is 2.40. The van der Waals surface area contributed by atoms with Crippen molar-refractivity contribution in [2.24, 2.45) is 0 Å². The van der Waals surface area contributed by atoms with Crippen LogP contribution < -0.4 is 0 Å². The molecule has 104 valence electrons. The third-order valence-corrected chi connectivity index (χ3v) is 4.60. The minimum absolute atomic E-state index is 1.28. The van der Waals surface area contributed by atoms with Crippen LogP contribution in [-0.4, -0.2) is 4.40 Å². The lowest BCUT2D eigenvalue weighted by Crippen LogP contribution is -1.91. The molecule has 0 aliphatic carbocycles. The Morgan fingerprint density at radius 1 is 0.591 bits per heavy atom. The fourth-order valence-corrected chi connectivity index (χ4v) is 3.61. The van der Waals surface area contributed by atoms with Crippen molar-refractivity contribution >= 4 is 38.1 Å². The van der Waals surface area contributed by atoms with Crippen molar-refractivity contribution < 1.29 is 0 Å². The van der Waals surface area contributed by atoms with Crippen molar-refractivity contribution in [2.75, 3.05) is 0 Å². The van der Waals surface area contributed by atoms with Gasteiger partial charge in [-0.2, -0.15) is 0 Å². The van der Waals surface area contributed by atoms with Crippen molar-refractivity contribution in [3.05, 3.63) is 78.4 Å². The lowest BCUT2D eigenvalue weighted by Gasteiger charge is -2.10. The lowest BCUT2D eigenvalue weighted by atomic mass is 10.0. The zero-order chi connectivity index (χ0) is 14.7. The van der Waals surface area contributed by atoms with E-state index in [0.29, 0.717) is 0 Å². The average Bonchev–Trinajstić information content (AvgIpc) is 2.95. The SMILES string of the molecule is Cc1ccc2c(c1)c1ccccc1c1cc3ccccc3n21. The van der Waals surface area contributed by atoms with Gasteiger partial charge >= 0.3 is 0 Å². The molecule has 0 aliphatic rings. The van der Waals surface area contributed by atoms with Gasteiger partial charge in [0.25, 0.3) is 0 Å². The van der Waals surface area contributed by atoms with Gasteiger partial charge in [0.2, 0.25) is 0 Å². The first kappa shape index (κ1) is 11.8. The Morgan fingerprint density at radius 3 is 2.27 bits per heavy atom. The van der Waals surface area contributed by atoms with Crippen LogP contribution in [0.15, 0.2) is 72.8 Å². The van der Waals surface area contributed by atoms with Crippen LogP contribution in [0.3, 0.4) is 0 Å². The molecule has 0 aliphatic heterocycles. The Labute approximate surface area is 128 Å². The van der Waals surface area contributed by atoms with Gasteiger partial charge in [0.05, 0.1) is 16.6 Å². The van der Waals surface area contributed by atoms with E-state index in [1.54, 1.807) is 0 Å². The second kappa shape index (κ2) is 4.11. The lowest BCUT2D eigenvalue weighted by molar-refractivity contribution is 1.34. The maximum atomic E-state index is 2.40. The van der Waals surface area contributed by atoms with Crippen molar-refractivity contribution in [2.45, 2.75) is 6.92 Å². The highest BCUT2D eigenvalue weighted by molar-refractivity contribution is 6.15. The van der Waals surface area contributed by atoms with Crippen molar-refractivity contribution in [1.82, 2.24) is 4.40 Å². The molecule has 0 saturated heterocycles. The van der Waals surface area contributed by atoms with Gasteiger partial charge in [-0.3, -0.25) is 0 Å². The first-order valence-corrected chi connectivity index (χ1v) is 7.64. The minimum atomic E-state index is 1.28. The van der Waals surface area contributed by atoms with Gasteiger partial charge < -0.3 is 4.40 Å². The number of nitrogens with zero attached hydrogens (tertiary/aromatic N) is 1. The molecule has 0 amide bonds. The molecule has 0 spiro atoms. The van der Waals surface area contributed by atoms with Crippen LogP contribution in [0.4, 0.5) is 0 Å². The van der Waals surface area contributed by atoms with Crippen LogP contribution in [-0.2, 0) is 0 Å². The molecular weight excluding hydrogens is 266 g/mol. The molecular formula is C21H15N. The van der Waals surface area contributed by atoms with E-state index in [4.69, 9.17) is 0 Å². The number of rotatable bonds is 0. The fourth-order valence-electron chi connectivity index (χ4n) is 3.61. The number of pyridine rings is 1. The van der Waals surface area contributed by atoms with Gasteiger partial charge in [0, 0.05) is 16.2 Å². The summed E-state index contributed by atoms with van der Waals surface area (Å²) < 4.78 is 2.40. The molecule has 2 aromatic heterocycles. The largest absolute Gasteiger partial charge is 0.309 e. The van der Waals surface area contributed by atoms with E-state index in [-0.39, 0.29) is 0 Å². The Morgan fingerprint density at radius 2 is 1.36 bits per heavy atom. The predicted molar refractivity (Wildman–Crippen MR) is 94.7 cm³/mol. The van der Waals surface area contributed by atoms with Crippen molar-refractivity contribution in [3.63, 3.8) is 0 Å². The highest BCUT2D eigenvalue weighted by atomic mass is 14.9. The third kappa shape index (κ3) is 1.43. The van der Waals surface area contributed by atoms with Crippen LogP contribution in [0.5, 0.6) is 0 Å². The number of fused-ring (bicyclic) bond motifs is 8. The van der Waals surface area contributed by atoms with Crippen LogP contribution >= 0.6 is 0 Å². The highest BCUT2D eigenvalue weighted by Gasteiger charge is 2.11. The quantitative estimate of drug-likeness (QED) is 0.320. The summed E-state index contributed by atoms with van der Waals surface area (Å²) in [4.78, 5) is 0. The van der Waals surface area contributed by atoms with Gasteiger partial charge in [-0.25, -0.2) is 0 Å². The van der Waals surface area contributed by atoms with Crippen molar-refractivity contribution in [3.8, 4) is 0 Å². The second-order valence-electron chi connectivity index (χ2n) is 5.99. The highest BCUT2D eigenvalue weighted by Crippen LogP contribution is 2.34. The van der Waals surface area contributed by atoms with E-state index in [2.05, 4.69) is 84.1 Å². The molecule has 3 aromatic carbocycles. The van der Waals surface area contributed by atoms with Crippen molar-refractivity contribution in [1.29, 1.82) is 0 Å². The molecule has 0 unspecified atom stereocenters. The second-order valence-corrected chi connectivity index (χ2v) is 5.99. The third-order valence-electron chi connectivity index (χ3n) is 4.60. The van der Waals surface area contributed by atoms with E-state index in [1.807, 2.05) is 0 Å². The topological polar surface area (TPSA) is 4.41 Å². The van der Waals surface area contributed by atoms with E-state index < -0.39 is 0 Å². The Balaban J connectivity index is 2.23. The summed E-state index contributed by atoms with van der Waals surface area (Å²) in [7, 11) is 0. The summed E-state index contributed by atoms with van der Waals surface area (Å²) in [5, 5.41) is 5.26. The number of aryl methyl sites for hydroxylation is 1. The number of aromatic nitrogens is 1. The predicted octanol–water partition coefficient (Wildman–Crippen LogP) is 5.71. The monoisotopic (exact) mass is 281 g/mol. The molecule has 0 bridgehead atoms. The first-order chi connectivity index (χ1) is 10.8. The molecule has 0 saturated carbocycles. The zero-order valence-corrected chi connectivity index (χ0v) is 12.4. The van der Waals surface area contributed by atoms with Crippen LogP contribution in [0.1, 0.15) is 5.56 Å². The summed E-state index contributed by atoms with van der Waals surface area (Å²) in [6, 6.07) is 26.4. The summed E-state index contributed by atoms with van der Waals surface area (Å²) >= 11 is 0. The van der Waals surface area contributed by atoms with Gasteiger partial charge in [0.15, 0.2) is 0 Å². The molecule has 0 fully saturated rings. The summed E-state index contributed by atoms with van der Waals surface area (Å²) in [6.07, 6.45) is 0. The van der Waals surface area contributed by atoms with Crippen LogP contribution in [0.25, 0.3) is 38.1 Å². The maximum Gasteiger partial charge on any atom is 0.0547 e. The first-order valence-electron chi connectivity index (χ1n) is 7.64. The summed E-state index contributed by atoms with van der Waals surface area (Å²) in [5.41, 5.74) is 5.14. The molecule has 1 heteroatoms. The van der Waals surface area contributed by atoms with Crippen LogP contribution in [0, 0.1) is 6.92 Å². The number of benzene rings is 3. The van der Waals surface area contributed by atoms with E-state index in [9.17, 15) is 0 Å². The Bertz CT molecular complexity index is 1180. The molecule has 0 atom stereocenters. The Kier molecular flexibility index (Phi) is 2.21. The van der Waals surface area contributed by atoms with Gasteiger partial charge in [-0.1, -0.05) is 54.1 Å². The van der Waals surface area contributed by atoms with Gasteiger partial charge in [-0.05, 0) is 36.6 Å². The Hall–Kier alpha value is -2.80. The molecule has 0 N–H and O–H groups in total. The van der Waals surface area contributed by atoms with E-state index in [0.717, 1.165) is 0 Å². The smallest absolute Gasteiger partial charge is 0.0547 e. The number of hydrogen-bond acceptors (Lipinski definition) is 0. The number of hydrogen-bond donors (Lipinski definition) is 0. The fraction of sp³-hybridized carbons (Fsp3) is 0.0476. The average molecular weight is 281 g/mol. The van der Waals surface area contributed by atoms with Gasteiger partial charge in [-0.15, -0.1) is 0 Å². The summed E-state index contributed by atoms with van der Waals surface area (Å²) in [6.45, 7) is 2.16. The molecule has 1 nitrogen and oxygen atoms in total. The molecule has 0 radical (unpaired) electrons. The van der Waals surface area contributed by atoms with E-state index in [1.165, 1.54) is 43.7 Å². The summed E-state index contributed by atoms with van der Waals surface area (Å²) in [5.74, 6) is 0. The molecule has 5 rings (SSSR count). The molecule has 22 heavy (non-hydrogen) atoms. The molecule has 2 heterocycles.